The van der Waals surface area contributed by atoms with Crippen molar-refractivity contribution in [2.75, 3.05) is 5.32 Å². The molecule has 0 aliphatic rings. The molecule has 0 aliphatic heterocycles. The topological polar surface area (TPSA) is 17.0 Å². The zero-order valence-corrected chi connectivity index (χ0v) is 11.7. The van der Waals surface area contributed by atoms with E-state index in [2.05, 4.69) is 21.2 Å². The third kappa shape index (κ3) is 3.32. The number of aromatic nitrogens is 1. The Morgan fingerprint density at radius 2 is 2.00 bits per heavy atom. The smallest absolute Gasteiger partial charge is 0.379 e. The van der Waals surface area contributed by atoms with Gasteiger partial charge in [0.25, 0.3) is 0 Å². The number of halogens is 4. The number of anilines is 1. The number of nitrogens with zero attached hydrogens (tertiary/aromatic N) is 1. The molecule has 0 aliphatic carbocycles. The molecule has 6 heteroatoms. The summed E-state index contributed by atoms with van der Waals surface area (Å²) in [7, 11) is 1.89. The first kappa shape index (κ1) is 14.0. The van der Waals surface area contributed by atoms with Crippen LogP contribution in [-0.2, 0) is 19.8 Å². The number of benzene rings is 1. The highest BCUT2D eigenvalue weighted by Gasteiger charge is 2.30. The van der Waals surface area contributed by atoms with E-state index in [4.69, 9.17) is 0 Å². The van der Waals surface area contributed by atoms with Crippen molar-refractivity contribution in [3.8, 4) is 0 Å². The number of rotatable bonds is 3. The van der Waals surface area contributed by atoms with Crippen molar-refractivity contribution < 1.29 is 13.2 Å². The molecular formula is C13H12BrF3N2. The molecule has 0 fully saturated rings. The predicted octanol–water partition coefficient (Wildman–Crippen LogP) is 4.42. The summed E-state index contributed by atoms with van der Waals surface area (Å²) in [6.45, 7) is 0.462. The lowest BCUT2D eigenvalue weighted by atomic mass is 10.2. The summed E-state index contributed by atoms with van der Waals surface area (Å²) in [5.41, 5.74) is 0.755. The van der Waals surface area contributed by atoms with E-state index < -0.39 is 11.7 Å². The monoisotopic (exact) mass is 332 g/mol. The summed E-state index contributed by atoms with van der Waals surface area (Å²) < 4.78 is 40.4. The Kier molecular flexibility index (Phi) is 3.89. The molecular weight excluding hydrogens is 321 g/mol. The highest BCUT2D eigenvalue weighted by atomic mass is 79.9. The van der Waals surface area contributed by atoms with E-state index in [9.17, 15) is 13.2 Å². The highest BCUT2D eigenvalue weighted by Crippen LogP contribution is 2.34. The van der Waals surface area contributed by atoms with Gasteiger partial charge in [0.1, 0.15) is 0 Å². The molecule has 0 spiro atoms. The van der Waals surface area contributed by atoms with E-state index in [0.29, 0.717) is 16.7 Å². The standard InChI is InChI=1S/C13H12BrF3N2/c1-19-6-2-3-10(19)8-18-12-7-9(13(15,16)17)4-5-11(12)14/h2-7,18H,8H2,1H3. The second kappa shape index (κ2) is 5.28. The van der Waals surface area contributed by atoms with E-state index >= 15 is 0 Å². The second-order valence-corrected chi connectivity index (χ2v) is 5.01. The third-order valence-electron chi connectivity index (χ3n) is 2.80. The molecule has 1 aromatic heterocycles. The second-order valence-electron chi connectivity index (χ2n) is 4.16. The molecule has 0 atom stereocenters. The van der Waals surface area contributed by atoms with Gasteiger partial charge < -0.3 is 9.88 Å². The van der Waals surface area contributed by atoms with Crippen molar-refractivity contribution in [2.24, 2.45) is 7.05 Å². The Bertz CT molecular complexity index is 576. The minimum Gasteiger partial charge on any atom is -0.379 e. The van der Waals surface area contributed by atoms with E-state index in [1.165, 1.54) is 6.07 Å². The van der Waals surface area contributed by atoms with Crippen LogP contribution in [0.3, 0.4) is 0 Å². The van der Waals surface area contributed by atoms with Crippen LogP contribution in [0, 0.1) is 0 Å². The molecule has 1 aromatic carbocycles. The first-order valence-corrected chi connectivity index (χ1v) is 6.38. The van der Waals surface area contributed by atoms with Crippen molar-refractivity contribution in [3.05, 3.63) is 52.3 Å². The number of aryl methyl sites for hydroxylation is 1. The SMILES string of the molecule is Cn1cccc1CNc1cc(C(F)(F)F)ccc1Br. The van der Waals surface area contributed by atoms with Crippen molar-refractivity contribution in [3.63, 3.8) is 0 Å². The molecule has 0 saturated carbocycles. The number of hydrogen-bond acceptors (Lipinski definition) is 1. The van der Waals surface area contributed by atoms with Crippen molar-refractivity contribution in [2.45, 2.75) is 12.7 Å². The summed E-state index contributed by atoms with van der Waals surface area (Å²) in [5.74, 6) is 0. The maximum atomic E-state index is 12.6. The van der Waals surface area contributed by atoms with Gasteiger partial charge in [-0.15, -0.1) is 0 Å². The zero-order valence-electron chi connectivity index (χ0n) is 10.1. The summed E-state index contributed by atoms with van der Waals surface area (Å²) in [4.78, 5) is 0. The van der Waals surface area contributed by atoms with Crippen LogP contribution in [0.2, 0.25) is 0 Å². The van der Waals surface area contributed by atoms with Crippen LogP contribution in [0.4, 0.5) is 18.9 Å². The van der Waals surface area contributed by atoms with Crippen LogP contribution in [0.5, 0.6) is 0 Å². The van der Waals surface area contributed by atoms with E-state index in [1.807, 2.05) is 29.9 Å². The largest absolute Gasteiger partial charge is 0.416 e. The Labute approximate surface area is 117 Å². The zero-order chi connectivity index (χ0) is 14.0. The Balaban J connectivity index is 2.18. The fraction of sp³-hybridized carbons (Fsp3) is 0.231. The molecule has 19 heavy (non-hydrogen) atoms. The van der Waals surface area contributed by atoms with Crippen LogP contribution in [0.25, 0.3) is 0 Å². The number of hydrogen-bond donors (Lipinski definition) is 1. The van der Waals surface area contributed by atoms with Crippen molar-refractivity contribution in [1.29, 1.82) is 0 Å². The van der Waals surface area contributed by atoms with Gasteiger partial charge in [0.15, 0.2) is 0 Å². The molecule has 1 heterocycles. The summed E-state index contributed by atoms with van der Waals surface area (Å²) in [5, 5.41) is 3.00. The predicted molar refractivity (Wildman–Crippen MR) is 71.9 cm³/mol. The van der Waals surface area contributed by atoms with Crippen LogP contribution in [-0.4, -0.2) is 4.57 Å². The fourth-order valence-corrected chi connectivity index (χ4v) is 2.09. The average molecular weight is 333 g/mol. The van der Waals surface area contributed by atoms with Gasteiger partial charge in [0, 0.05) is 29.1 Å². The number of alkyl halides is 3. The summed E-state index contributed by atoms with van der Waals surface area (Å²) in [6.07, 6.45) is -2.44. The van der Waals surface area contributed by atoms with Crippen molar-refractivity contribution >= 4 is 21.6 Å². The van der Waals surface area contributed by atoms with Gasteiger partial charge in [0.2, 0.25) is 0 Å². The van der Waals surface area contributed by atoms with Crippen LogP contribution >= 0.6 is 15.9 Å². The average Bonchev–Trinajstić information content (AvgIpc) is 2.72. The molecule has 0 bridgehead atoms. The van der Waals surface area contributed by atoms with Crippen LogP contribution in [0.1, 0.15) is 11.3 Å². The molecule has 0 amide bonds. The van der Waals surface area contributed by atoms with Crippen molar-refractivity contribution in [1.82, 2.24) is 4.57 Å². The maximum absolute atomic E-state index is 12.6. The number of nitrogens with one attached hydrogen (secondary N) is 1. The molecule has 102 valence electrons. The quantitative estimate of drug-likeness (QED) is 0.880. The molecule has 2 aromatic rings. The molecule has 0 radical (unpaired) electrons. The van der Waals surface area contributed by atoms with Crippen LogP contribution < -0.4 is 5.32 Å². The third-order valence-corrected chi connectivity index (χ3v) is 3.50. The van der Waals surface area contributed by atoms with Gasteiger partial charge in [0.05, 0.1) is 12.1 Å². The lowest BCUT2D eigenvalue weighted by molar-refractivity contribution is -0.137. The molecule has 2 rings (SSSR count). The van der Waals surface area contributed by atoms with E-state index in [1.54, 1.807) is 0 Å². The van der Waals surface area contributed by atoms with E-state index in [0.717, 1.165) is 17.8 Å². The first-order valence-electron chi connectivity index (χ1n) is 5.59. The summed E-state index contributed by atoms with van der Waals surface area (Å²) >= 11 is 3.24. The lowest BCUT2D eigenvalue weighted by Crippen LogP contribution is -2.08. The molecule has 2 nitrogen and oxygen atoms in total. The van der Waals surface area contributed by atoms with Gasteiger partial charge in [-0.3, -0.25) is 0 Å². The van der Waals surface area contributed by atoms with Gasteiger partial charge in [-0.1, -0.05) is 0 Å². The van der Waals surface area contributed by atoms with Gasteiger partial charge in [-0.25, -0.2) is 0 Å². The molecule has 1 N–H and O–H groups in total. The Morgan fingerprint density at radius 3 is 2.58 bits per heavy atom. The molecule has 0 saturated heterocycles. The molecule has 0 unspecified atom stereocenters. The first-order chi connectivity index (χ1) is 8.88. The minimum absolute atomic E-state index is 0.427. The Morgan fingerprint density at radius 1 is 1.26 bits per heavy atom. The lowest BCUT2D eigenvalue weighted by Gasteiger charge is -2.13. The highest BCUT2D eigenvalue weighted by molar-refractivity contribution is 9.10. The van der Waals surface area contributed by atoms with Crippen LogP contribution in [0.15, 0.2) is 41.0 Å². The normalized spacial score (nSPS) is 11.6. The maximum Gasteiger partial charge on any atom is 0.416 e. The fourth-order valence-electron chi connectivity index (χ4n) is 1.70. The Hall–Kier alpha value is -1.43. The summed E-state index contributed by atoms with van der Waals surface area (Å²) in [6, 6.07) is 7.35. The van der Waals surface area contributed by atoms with Gasteiger partial charge >= 0.3 is 6.18 Å². The minimum atomic E-state index is -4.33. The van der Waals surface area contributed by atoms with Gasteiger partial charge in [-0.2, -0.15) is 13.2 Å². The van der Waals surface area contributed by atoms with E-state index in [-0.39, 0.29) is 0 Å². The van der Waals surface area contributed by atoms with Gasteiger partial charge in [-0.05, 0) is 46.3 Å².